The molecule has 0 aliphatic heterocycles. The van der Waals surface area contributed by atoms with Crippen LogP contribution in [-0.2, 0) is 11.0 Å². The van der Waals surface area contributed by atoms with Crippen LogP contribution < -0.4 is 0 Å². The van der Waals surface area contributed by atoms with Gasteiger partial charge in [0, 0.05) is 0 Å². The second-order valence-electron chi connectivity index (χ2n) is 3.06. The number of hydrogen-bond acceptors (Lipinski definition) is 1. The van der Waals surface area contributed by atoms with Crippen molar-refractivity contribution in [3.8, 4) is 11.1 Å². The van der Waals surface area contributed by atoms with Gasteiger partial charge in [0.1, 0.15) is 0 Å². The lowest BCUT2D eigenvalue weighted by Gasteiger charge is -2.01. The maximum Gasteiger partial charge on any atom is 0.490 e. The van der Waals surface area contributed by atoms with E-state index in [0.717, 1.165) is 11.6 Å². The summed E-state index contributed by atoms with van der Waals surface area (Å²) in [4.78, 5) is 8.90. The number of halogens is 6. The molecule has 0 saturated carbocycles. The van der Waals surface area contributed by atoms with Crippen molar-refractivity contribution < 1.29 is 36.2 Å². The first kappa shape index (κ1) is 13.3. The van der Waals surface area contributed by atoms with Crippen molar-refractivity contribution in [1.29, 1.82) is 0 Å². The summed E-state index contributed by atoms with van der Waals surface area (Å²) in [6.07, 6.45) is -9.25. The van der Waals surface area contributed by atoms with Crippen LogP contribution >= 0.6 is 0 Å². The maximum absolute atomic E-state index is 11.9. The van der Waals surface area contributed by atoms with E-state index in [0.29, 0.717) is 5.56 Å². The van der Waals surface area contributed by atoms with Crippen molar-refractivity contribution in [2.45, 2.75) is 12.4 Å². The van der Waals surface area contributed by atoms with E-state index in [1.165, 1.54) is 12.1 Å². The normalized spacial score (nSPS) is 12.6. The van der Waals surface area contributed by atoms with Crippen molar-refractivity contribution in [2.24, 2.45) is 0 Å². The van der Waals surface area contributed by atoms with Crippen LogP contribution in [0.4, 0.5) is 26.3 Å². The number of carbonyl (C=O) groups is 1. The van der Waals surface area contributed by atoms with E-state index in [-0.39, 0.29) is 0 Å². The topological polar surface area (TPSA) is 37.3 Å². The maximum atomic E-state index is 11.9. The van der Waals surface area contributed by atoms with Gasteiger partial charge in [0.15, 0.2) is 0 Å². The van der Waals surface area contributed by atoms with E-state index >= 15 is 0 Å². The Hall–Kier alpha value is -1.73. The Kier molecular flexibility index (Phi) is 3.09. The standard InChI is InChI=1S/C7H3F3.C2HF3O2/c8-7(9,10)6-2-1-4-3-5(4)6;3-2(4,5)1(6)7/h1-3H;(H,6,7). The molecule has 0 saturated heterocycles. The lowest BCUT2D eigenvalue weighted by molar-refractivity contribution is -0.192. The van der Waals surface area contributed by atoms with Crippen LogP contribution in [0.1, 0.15) is 5.56 Å². The minimum Gasteiger partial charge on any atom is -0.475 e. The van der Waals surface area contributed by atoms with Gasteiger partial charge in [-0.2, -0.15) is 26.3 Å². The zero-order valence-corrected chi connectivity index (χ0v) is 7.86. The summed E-state index contributed by atoms with van der Waals surface area (Å²) in [6.45, 7) is 0. The summed E-state index contributed by atoms with van der Waals surface area (Å²) in [5.41, 5.74) is 0.599. The number of hydrogen-bond donors (Lipinski definition) is 1. The van der Waals surface area contributed by atoms with Crippen LogP contribution in [0.25, 0.3) is 11.1 Å². The van der Waals surface area contributed by atoms with E-state index in [4.69, 9.17) is 9.90 Å². The van der Waals surface area contributed by atoms with Crippen LogP contribution in [0.3, 0.4) is 0 Å². The predicted octanol–water partition coefficient (Wildman–Crippen LogP) is 3.32. The summed E-state index contributed by atoms with van der Waals surface area (Å²) in [5, 5.41) is 7.12. The van der Waals surface area contributed by atoms with Crippen LogP contribution in [0.15, 0.2) is 18.2 Å². The van der Waals surface area contributed by atoms with Crippen molar-refractivity contribution in [2.75, 3.05) is 0 Å². The second-order valence-corrected chi connectivity index (χ2v) is 3.06. The summed E-state index contributed by atoms with van der Waals surface area (Å²) in [7, 11) is 0. The lowest BCUT2D eigenvalue weighted by Crippen LogP contribution is -2.21. The van der Waals surface area contributed by atoms with Crippen molar-refractivity contribution in [3.63, 3.8) is 0 Å². The minimum atomic E-state index is -5.08. The Labute approximate surface area is 90.5 Å². The molecular formula is C9H4F6O2. The lowest BCUT2D eigenvalue weighted by atomic mass is 10.3. The smallest absolute Gasteiger partial charge is 0.475 e. The predicted molar refractivity (Wildman–Crippen MR) is 44.1 cm³/mol. The Morgan fingerprint density at radius 1 is 1.06 bits per heavy atom. The molecule has 94 valence electrons. The zero-order chi connectivity index (χ0) is 13.4. The Morgan fingerprint density at radius 2 is 1.53 bits per heavy atom. The molecule has 0 unspecified atom stereocenters. The number of carboxylic acids is 1. The van der Waals surface area contributed by atoms with E-state index in [9.17, 15) is 26.3 Å². The highest BCUT2D eigenvalue weighted by atomic mass is 19.4. The summed E-state index contributed by atoms with van der Waals surface area (Å²) >= 11 is 0. The molecule has 2 aliphatic rings. The van der Waals surface area contributed by atoms with Gasteiger partial charge in [-0.05, 0) is 23.3 Å². The minimum absolute atomic E-state index is 0.368. The number of carboxylic acid groups (broad SMARTS) is 1. The van der Waals surface area contributed by atoms with Gasteiger partial charge in [-0.3, -0.25) is 0 Å². The van der Waals surface area contributed by atoms with E-state index < -0.39 is 23.9 Å². The largest absolute Gasteiger partial charge is 0.490 e. The number of fused-ring (bicyclic) bond motifs is 1. The second kappa shape index (κ2) is 3.94. The van der Waals surface area contributed by atoms with Crippen molar-refractivity contribution >= 4 is 5.97 Å². The Bertz CT molecular complexity index is 446. The van der Waals surface area contributed by atoms with Gasteiger partial charge in [0.05, 0.1) is 5.56 Å². The number of rotatable bonds is 0. The van der Waals surface area contributed by atoms with Crippen molar-refractivity contribution in [3.05, 3.63) is 23.8 Å². The average Bonchev–Trinajstić information content (AvgIpc) is 2.73. The third-order valence-electron chi connectivity index (χ3n) is 1.80. The first-order valence-electron chi connectivity index (χ1n) is 4.05. The quantitative estimate of drug-likeness (QED) is 0.736. The SMILES string of the molecule is FC(F)(F)c1ccc2cc1-2.O=C(O)C(F)(F)F. The molecule has 0 atom stereocenters. The van der Waals surface area contributed by atoms with Crippen LogP contribution in [0.2, 0.25) is 0 Å². The van der Waals surface area contributed by atoms with Gasteiger partial charge in [-0.15, -0.1) is 0 Å². The molecule has 2 aliphatic carbocycles. The molecule has 2 nitrogen and oxygen atoms in total. The molecule has 17 heavy (non-hydrogen) atoms. The molecule has 0 amide bonds. The van der Waals surface area contributed by atoms with Gasteiger partial charge in [0.25, 0.3) is 0 Å². The van der Waals surface area contributed by atoms with Crippen LogP contribution in [0.5, 0.6) is 0 Å². The number of benzene rings is 1. The molecule has 0 aromatic heterocycles. The first-order valence-corrected chi connectivity index (χ1v) is 4.05. The molecule has 1 N–H and O–H groups in total. The fourth-order valence-electron chi connectivity index (χ4n) is 1.00. The van der Waals surface area contributed by atoms with Crippen LogP contribution in [-0.4, -0.2) is 17.3 Å². The Balaban J connectivity index is 0.000000185. The molecular weight excluding hydrogens is 254 g/mol. The van der Waals surface area contributed by atoms with Crippen LogP contribution in [0, 0.1) is 0 Å². The Morgan fingerprint density at radius 3 is 1.65 bits per heavy atom. The highest BCUT2D eigenvalue weighted by Crippen LogP contribution is 2.45. The molecule has 0 fully saturated rings. The molecule has 8 heteroatoms. The number of aliphatic carboxylic acids is 1. The molecule has 0 aromatic carbocycles. The average molecular weight is 258 g/mol. The summed E-state index contributed by atoms with van der Waals surface area (Å²) < 4.78 is 67.4. The van der Waals surface area contributed by atoms with Gasteiger partial charge in [-0.25, -0.2) is 4.79 Å². The molecule has 0 heterocycles. The van der Waals surface area contributed by atoms with E-state index in [2.05, 4.69) is 0 Å². The summed E-state index contributed by atoms with van der Waals surface area (Å²) in [5.74, 6) is -2.76. The van der Waals surface area contributed by atoms with Gasteiger partial charge >= 0.3 is 18.3 Å². The van der Waals surface area contributed by atoms with Gasteiger partial charge in [0.2, 0.25) is 0 Å². The van der Waals surface area contributed by atoms with Crippen molar-refractivity contribution in [1.82, 2.24) is 0 Å². The molecule has 2 rings (SSSR count). The zero-order valence-electron chi connectivity index (χ0n) is 7.86. The fraction of sp³-hybridized carbons (Fsp3) is 0.222. The third-order valence-corrected chi connectivity index (χ3v) is 1.80. The monoisotopic (exact) mass is 258 g/mol. The number of alkyl halides is 6. The third kappa shape index (κ3) is 3.36. The molecule has 0 aromatic rings. The first-order chi connectivity index (χ1) is 7.53. The molecule has 0 bridgehead atoms. The highest BCUT2D eigenvalue weighted by molar-refractivity contribution is 5.85. The van der Waals surface area contributed by atoms with E-state index in [1.807, 2.05) is 0 Å². The van der Waals surface area contributed by atoms with Gasteiger partial charge < -0.3 is 5.11 Å². The van der Waals surface area contributed by atoms with E-state index in [1.54, 1.807) is 0 Å². The molecule has 0 spiro atoms. The van der Waals surface area contributed by atoms with Gasteiger partial charge in [-0.1, -0.05) is 6.07 Å². The fourth-order valence-corrected chi connectivity index (χ4v) is 1.00. The summed E-state index contributed by atoms with van der Waals surface area (Å²) in [6, 6.07) is 4.13. The highest BCUT2D eigenvalue weighted by Gasteiger charge is 2.38. The molecule has 0 radical (unpaired) electrons.